The van der Waals surface area contributed by atoms with E-state index in [0.717, 1.165) is 6.08 Å². The number of nitrogens with one attached hydrogen (secondary N) is 1. The first-order valence-electron chi connectivity index (χ1n) is 6.71. The Morgan fingerprint density at radius 1 is 1.40 bits per heavy atom. The van der Waals surface area contributed by atoms with E-state index in [2.05, 4.69) is 11.9 Å². The van der Waals surface area contributed by atoms with Crippen molar-refractivity contribution in [1.82, 2.24) is 15.1 Å². The third kappa shape index (κ3) is 3.53. The lowest BCUT2D eigenvalue weighted by Crippen LogP contribution is -2.52. The number of piperazine rings is 1. The number of nitrogens with zero attached hydrogens (tertiary/aromatic N) is 2. The van der Waals surface area contributed by atoms with Gasteiger partial charge in [-0.3, -0.25) is 14.5 Å². The minimum absolute atomic E-state index is 0.107. The molecule has 112 valence electrons. The summed E-state index contributed by atoms with van der Waals surface area (Å²) in [6, 6.07) is -0.245. The van der Waals surface area contributed by atoms with E-state index in [0.29, 0.717) is 19.6 Å². The van der Waals surface area contributed by atoms with E-state index in [1.165, 1.54) is 0 Å². The fourth-order valence-electron chi connectivity index (χ4n) is 2.75. The molecule has 5 nitrogen and oxygen atoms in total. The first-order chi connectivity index (χ1) is 9.41. The maximum atomic E-state index is 13.3. The van der Waals surface area contributed by atoms with Crippen molar-refractivity contribution in [3.05, 3.63) is 12.7 Å². The van der Waals surface area contributed by atoms with Crippen LogP contribution in [0.1, 0.15) is 12.8 Å². The number of rotatable bonds is 4. The summed E-state index contributed by atoms with van der Waals surface area (Å²) in [5, 5.41) is 2.53. The molecule has 0 bridgehead atoms. The van der Waals surface area contributed by atoms with Gasteiger partial charge in [0.1, 0.15) is 0 Å². The van der Waals surface area contributed by atoms with Crippen molar-refractivity contribution in [2.45, 2.75) is 24.8 Å². The van der Waals surface area contributed by atoms with Crippen molar-refractivity contribution >= 4 is 11.8 Å². The van der Waals surface area contributed by atoms with E-state index >= 15 is 0 Å². The van der Waals surface area contributed by atoms with Crippen LogP contribution >= 0.6 is 0 Å². The maximum absolute atomic E-state index is 13.3. The van der Waals surface area contributed by atoms with Gasteiger partial charge in [0.05, 0.1) is 6.54 Å². The Balaban J connectivity index is 1.78. The van der Waals surface area contributed by atoms with Gasteiger partial charge < -0.3 is 10.2 Å². The molecule has 2 aliphatic heterocycles. The van der Waals surface area contributed by atoms with Crippen LogP contribution < -0.4 is 5.32 Å². The quantitative estimate of drug-likeness (QED) is 0.753. The minimum atomic E-state index is -2.64. The van der Waals surface area contributed by atoms with Gasteiger partial charge in [-0.15, -0.1) is 0 Å². The zero-order valence-corrected chi connectivity index (χ0v) is 11.3. The maximum Gasteiger partial charge on any atom is 0.262 e. The molecule has 0 spiro atoms. The largest absolute Gasteiger partial charge is 0.352 e. The Bertz CT molecular complexity index is 414. The van der Waals surface area contributed by atoms with Crippen molar-refractivity contribution in [3.63, 3.8) is 0 Å². The third-order valence-corrected chi connectivity index (χ3v) is 3.75. The molecule has 2 fully saturated rings. The van der Waals surface area contributed by atoms with Crippen molar-refractivity contribution in [1.29, 1.82) is 0 Å². The van der Waals surface area contributed by atoms with E-state index in [1.54, 1.807) is 9.80 Å². The number of hydrogen-bond acceptors (Lipinski definition) is 3. The molecule has 2 saturated heterocycles. The third-order valence-electron chi connectivity index (χ3n) is 3.75. The number of halogens is 2. The molecule has 1 atom stereocenters. The fraction of sp³-hybridized carbons (Fsp3) is 0.692. The topological polar surface area (TPSA) is 52.7 Å². The van der Waals surface area contributed by atoms with Gasteiger partial charge in [0.15, 0.2) is 0 Å². The lowest BCUT2D eigenvalue weighted by molar-refractivity contribution is -0.133. The van der Waals surface area contributed by atoms with Gasteiger partial charge in [-0.05, 0) is 6.08 Å². The summed E-state index contributed by atoms with van der Waals surface area (Å²) in [5.41, 5.74) is 0. The summed E-state index contributed by atoms with van der Waals surface area (Å²) in [6.07, 6.45) is 1.15. The molecule has 2 rings (SSSR count). The first kappa shape index (κ1) is 14.9. The molecule has 2 aliphatic rings. The molecular formula is C13H19F2N3O2. The highest BCUT2D eigenvalue weighted by molar-refractivity contribution is 5.87. The SMILES string of the molecule is C=CC(=O)NCCC(=O)N1CCN2CC(F)(F)C[C@H]2C1. The van der Waals surface area contributed by atoms with Crippen LogP contribution in [0.5, 0.6) is 0 Å². The lowest BCUT2D eigenvalue weighted by Gasteiger charge is -2.37. The summed E-state index contributed by atoms with van der Waals surface area (Å²) in [7, 11) is 0. The molecule has 0 aliphatic carbocycles. The normalized spacial score (nSPS) is 25.1. The highest BCUT2D eigenvalue weighted by Crippen LogP contribution is 2.33. The predicted molar refractivity (Wildman–Crippen MR) is 69.3 cm³/mol. The summed E-state index contributed by atoms with van der Waals surface area (Å²) < 4.78 is 26.6. The fourth-order valence-corrected chi connectivity index (χ4v) is 2.75. The lowest BCUT2D eigenvalue weighted by atomic mass is 10.1. The van der Waals surface area contributed by atoms with E-state index < -0.39 is 5.92 Å². The van der Waals surface area contributed by atoms with Crippen molar-refractivity contribution in [2.75, 3.05) is 32.7 Å². The smallest absolute Gasteiger partial charge is 0.262 e. The summed E-state index contributed by atoms with van der Waals surface area (Å²) in [6.45, 7) is 4.67. The molecule has 0 aromatic rings. The second kappa shape index (κ2) is 5.87. The molecule has 2 amide bonds. The molecule has 0 aromatic carbocycles. The number of amides is 2. The average Bonchev–Trinajstić information content (AvgIpc) is 2.70. The summed E-state index contributed by atoms with van der Waals surface area (Å²) in [5.74, 6) is -3.07. The highest BCUT2D eigenvalue weighted by atomic mass is 19.3. The number of hydrogen-bond donors (Lipinski definition) is 1. The molecule has 1 N–H and O–H groups in total. The Hall–Kier alpha value is -1.50. The second-order valence-corrected chi connectivity index (χ2v) is 5.27. The van der Waals surface area contributed by atoms with E-state index in [-0.39, 0.29) is 43.8 Å². The van der Waals surface area contributed by atoms with Gasteiger partial charge in [-0.2, -0.15) is 0 Å². The molecule has 7 heteroatoms. The van der Waals surface area contributed by atoms with Crippen LogP contribution in [0.2, 0.25) is 0 Å². The monoisotopic (exact) mass is 287 g/mol. The van der Waals surface area contributed by atoms with Crippen LogP contribution in [0.25, 0.3) is 0 Å². The molecule has 0 unspecified atom stereocenters. The Morgan fingerprint density at radius 3 is 2.85 bits per heavy atom. The Labute approximate surface area is 116 Å². The van der Waals surface area contributed by atoms with E-state index in [1.807, 2.05) is 0 Å². The van der Waals surface area contributed by atoms with Crippen LogP contribution in [0.15, 0.2) is 12.7 Å². The van der Waals surface area contributed by atoms with Gasteiger partial charge in [0.2, 0.25) is 11.8 Å². The van der Waals surface area contributed by atoms with E-state index in [4.69, 9.17) is 0 Å². The highest BCUT2D eigenvalue weighted by Gasteiger charge is 2.47. The van der Waals surface area contributed by atoms with Crippen molar-refractivity contribution < 1.29 is 18.4 Å². The average molecular weight is 287 g/mol. The van der Waals surface area contributed by atoms with Gasteiger partial charge >= 0.3 is 0 Å². The predicted octanol–water partition coefficient (Wildman–Crippen LogP) is 0.230. The molecule has 2 heterocycles. The molecule has 0 radical (unpaired) electrons. The summed E-state index contributed by atoms with van der Waals surface area (Å²) in [4.78, 5) is 26.3. The molecular weight excluding hydrogens is 268 g/mol. The van der Waals surface area contributed by atoms with Gasteiger partial charge in [-0.25, -0.2) is 8.78 Å². The van der Waals surface area contributed by atoms with Gasteiger partial charge in [0.25, 0.3) is 5.92 Å². The van der Waals surface area contributed by atoms with Crippen LogP contribution in [-0.2, 0) is 9.59 Å². The van der Waals surface area contributed by atoms with Gasteiger partial charge in [0, 0.05) is 45.1 Å². The number of alkyl halides is 2. The molecule has 0 aromatic heterocycles. The Morgan fingerprint density at radius 2 is 2.15 bits per heavy atom. The summed E-state index contributed by atoms with van der Waals surface area (Å²) >= 11 is 0. The standard InChI is InChI=1S/C13H19F2N3O2/c1-2-11(19)16-4-3-12(20)17-5-6-18-9-13(14,15)7-10(18)8-17/h2,10H,1,3-9H2,(H,16,19)/t10-/m0/s1. The van der Waals surface area contributed by atoms with Crippen LogP contribution in [0, 0.1) is 0 Å². The van der Waals surface area contributed by atoms with Gasteiger partial charge in [-0.1, -0.05) is 6.58 Å². The molecule has 20 heavy (non-hydrogen) atoms. The number of carbonyl (C=O) groups excluding carboxylic acids is 2. The molecule has 0 saturated carbocycles. The van der Waals surface area contributed by atoms with E-state index in [9.17, 15) is 18.4 Å². The minimum Gasteiger partial charge on any atom is -0.352 e. The zero-order valence-electron chi connectivity index (χ0n) is 11.3. The Kier molecular flexibility index (Phi) is 4.37. The first-order valence-corrected chi connectivity index (χ1v) is 6.71. The van der Waals surface area contributed by atoms with Crippen LogP contribution in [0.4, 0.5) is 8.78 Å². The number of carbonyl (C=O) groups is 2. The van der Waals surface area contributed by atoms with Crippen LogP contribution in [-0.4, -0.2) is 66.3 Å². The van der Waals surface area contributed by atoms with Crippen LogP contribution in [0.3, 0.4) is 0 Å². The second-order valence-electron chi connectivity index (χ2n) is 5.27. The van der Waals surface area contributed by atoms with Crippen molar-refractivity contribution in [2.24, 2.45) is 0 Å². The zero-order chi connectivity index (χ0) is 14.8. The van der Waals surface area contributed by atoms with Crippen molar-refractivity contribution in [3.8, 4) is 0 Å². The number of fused-ring (bicyclic) bond motifs is 1.